The lowest BCUT2D eigenvalue weighted by atomic mass is 10.2. The van der Waals surface area contributed by atoms with Gasteiger partial charge >= 0.3 is 0 Å². The van der Waals surface area contributed by atoms with Crippen LogP contribution in [0.15, 0.2) is 6.07 Å². The largest absolute Gasteiger partial charge is 0.493 e. The van der Waals surface area contributed by atoms with Crippen molar-refractivity contribution in [3.63, 3.8) is 0 Å². The summed E-state index contributed by atoms with van der Waals surface area (Å²) in [5, 5.41) is 1.41. The van der Waals surface area contributed by atoms with Crippen LogP contribution in [-0.4, -0.2) is 50.4 Å². The highest BCUT2D eigenvalue weighted by Crippen LogP contribution is 2.44. The number of aromatic nitrogens is 2. The van der Waals surface area contributed by atoms with Crippen molar-refractivity contribution < 1.29 is 9.47 Å². The highest BCUT2D eigenvalue weighted by Gasteiger charge is 2.26. The van der Waals surface area contributed by atoms with Crippen molar-refractivity contribution in [3.05, 3.63) is 11.1 Å². The van der Waals surface area contributed by atoms with Gasteiger partial charge in [-0.2, -0.15) is 4.98 Å². The van der Waals surface area contributed by atoms with Crippen LogP contribution in [-0.2, 0) is 0 Å². The van der Waals surface area contributed by atoms with Crippen LogP contribution in [0, 0.1) is 0 Å². The lowest BCUT2D eigenvalue weighted by Gasteiger charge is -2.24. The zero-order chi connectivity index (χ0) is 17.4. The van der Waals surface area contributed by atoms with E-state index in [0.717, 1.165) is 48.8 Å². The molecule has 1 aromatic heterocycles. The lowest BCUT2D eigenvalue weighted by molar-refractivity contribution is 0.358. The molecule has 2 aliphatic rings. The molecule has 134 valence electrons. The summed E-state index contributed by atoms with van der Waals surface area (Å²) in [7, 11) is 3.27. The second-order valence-electron chi connectivity index (χ2n) is 6.55. The standard InChI is InChI=1S/C18H23ClN4O2/c1-24-13-11-12(19)15-14(16(13)25-2)17(22-7-3-4-8-22)21-18(20-15)23-9-5-6-10-23/h11H,3-10H2,1-2H3. The molecule has 0 unspecified atom stereocenters. The number of nitrogens with zero attached hydrogens (tertiary/aromatic N) is 4. The summed E-state index contributed by atoms with van der Waals surface area (Å²) in [5.41, 5.74) is 0.734. The monoisotopic (exact) mass is 362 g/mol. The second-order valence-corrected chi connectivity index (χ2v) is 6.96. The first-order valence-electron chi connectivity index (χ1n) is 8.85. The fraction of sp³-hybridized carbons (Fsp3) is 0.556. The summed E-state index contributed by atoms with van der Waals surface area (Å²) in [6.45, 7) is 3.97. The van der Waals surface area contributed by atoms with E-state index in [1.807, 2.05) is 0 Å². The van der Waals surface area contributed by atoms with Crippen LogP contribution in [0.25, 0.3) is 10.9 Å². The van der Waals surface area contributed by atoms with Gasteiger partial charge in [-0.3, -0.25) is 0 Å². The van der Waals surface area contributed by atoms with E-state index < -0.39 is 0 Å². The minimum atomic E-state index is 0.566. The van der Waals surface area contributed by atoms with Gasteiger partial charge in [-0.25, -0.2) is 4.98 Å². The first-order chi connectivity index (χ1) is 12.2. The van der Waals surface area contributed by atoms with Gasteiger partial charge in [0.05, 0.1) is 24.6 Å². The maximum Gasteiger partial charge on any atom is 0.227 e. The molecule has 7 heteroatoms. The normalized spacial score (nSPS) is 17.6. The third-order valence-electron chi connectivity index (χ3n) is 5.03. The summed E-state index contributed by atoms with van der Waals surface area (Å²) in [5.74, 6) is 2.93. The summed E-state index contributed by atoms with van der Waals surface area (Å²) in [6.07, 6.45) is 4.70. The van der Waals surface area contributed by atoms with E-state index in [1.165, 1.54) is 25.7 Å². The average molecular weight is 363 g/mol. The number of ether oxygens (including phenoxy) is 2. The van der Waals surface area contributed by atoms with E-state index in [4.69, 9.17) is 31.0 Å². The van der Waals surface area contributed by atoms with Crippen LogP contribution < -0.4 is 19.3 Å². The van der Waals surface area contributed by atoms with Crippen LogP contribution >= 0.6 is 11.6 Å². The molecule has 2 fully saturated rings. The Kier molecular flexibility index (Phi) is 4.46. The molecule has 0 radical (unpaired) electrons. The molecule has 1 aromatic carbocycles. The van der Waals surface area contributed by atoms with Crippen LogP contribution in [0.3, 0.4) is 0 Å². The van der Waals surface area contributed by atoms with Gasteiger partial charge in [-0.05, 0) is 25.7 Å². The molecule has 0 N–H and O–H groups in total. The Labute approximate surface area is 152 Å². The number of anilines is 2. The summed E-state index contributed by atoms with van der Waals surface area (Å²) < 4.78 is 11.1. The Balaban J connectivity index is 1.99. The van der Waals surface area contributed by atoms with Gasteiger partial charge in [-0.15, -0.1) is 0 Å². The first kappa shape index (κ1) is 16.5. The molecule has 0 saturated carbocycles. The number of rotatable bonds is 4. The van der Waals surface area contributed by atoms with E-state index in [1.54, 1.807) is 20.3 Å². The van der Waals surface area contributed by atoms with Gasteiger partial charge in [0.25, 0.3) is 0 Å². The van der Waals surface area contributed by atoms with Gasteiger partial charge in [0.15, 0.2) is 11.5 Å². The maximum atomic E-state index is 6.56. The van der Waals surface area contributed by atoms with E-state index in [2.05, 4.69) is 9.80 Å². The van der Waals surface area contributed by atoms with Crippen LogP contribution in [0.1, 0.15) is 25.7 Å². The fourth-order valence-corrected chi connectivity index (χ4v) is 4.00. The van der Waals surface area contributed by atoms with E-state index in [-0.39, 0.29) is 0 Å². The van der Waals surface area contributed by atoms with Crippen molar-refractivity contribution in [2.45, 2.75) is 25.7 Å². The van der Waals surface area contributed by atoms with Gasteiger partial charge in [0, 0.05) is 32.2 Å². The molecule has 2 saturated heterocycles. The molecule has 2 aliphatic heterocycles. The molecule has 0 aliphatic carbocycles. The molecule has 3 heterocycles. The molecule has 6 nitrogen and oxygen atoms in total. The number of halogens is 1. The van der Waals surface area contributed by atoms with Crippen molar-refractivity contribution in [2.75, 3.05) is 50.2 Å². The van der Waals surface area contributed by atoms with Crippen molar-refractivity contribution >= 4 is 34.3 Å². The summed E-state index contributed by atoms with van der Waals surface area (Å²) in [6, 6.07) is 1.78. The molecule has 0 bridgehead atoms. The van der Waals surface area contributed by atoms with E-state index in [9.17, 15) is 0 Å². The van der Waals surface area contributed by atoms with Crippen molar-refractivity contribution in [1.29, 1.82) is 0 Å². The molecule has 0 spiro atoms. The average Bonchev–Trinajstić information content (AvgIpc) is 3.34. The van der Waals surface area contributed by atoms with Crippen molar-refractivity contribution in [2.24, 2.45) is 0 Å². The minimum Gasteiger partial charge on any atom is -0.493 e. The molecule has 25 heavy (non-hydrogen) atoms. The van der Waals surface area contributed by atoms with Crippen molar-refractivity contribution in [1.82, 2.24) is 9.97 Å². The van der Waals surface area contributed by atoms with Crippen LogP contribution in [0.4, 0.5) is 11.8 Å². The second kappa shape index (κ2) is 6.75. The number of hydrogen-bond acceptors (Lipinski definition) is 6. The van der Waals surface area contributed by atoms with Gasteiger partial charge in [0.2, 0.25) is 5.95 Å². The number of benzene rings is 1. The highest BCUT2D eigenvalue weighted by molar-refractivity contribution is 6.36. The van der Waals surface area contributed by atoms with Gasteiger partial charge in [-0.1, -0.05) is 11.6 Å². The molecular formula is C18H23ClN4O2. The molecule has 0 amide bonds. The zero-order valence-electron chi connectivity index (χ0n) is 14.7. The maximum absolute atomic E-state index is 6.56. The van der Waals surface area contributed by atoms with Gasteiger partial charge in [0.1, 0.15) is 11.3 Å². The molecular weight excluding hydrogens is 340 g/mol. The Bertz CT molecular complexity index is 786. The Morgan fingerprint density at radius 2 is 1.56 bits per heavy atom. The molecule has 4 rings (SSSR count). The summed E-state index contributed by atoms with van der Waals surface area (Å²) >= 11 is 6.56. The third kappa shape index (κ3) is 2.82. The third-order valence-corrected chi connectivity index (χ3v) is 5.32. The Morgan fingerprint density at radius 3 is 2.16 bits per heavy atom. The van der Waals surface area contributed by atoms with Gasteiger partial charge < -0.3 is 19.3 Å². The van der Waals surface area contributed by atoms with E-state index >= 15 is 0 Å². The zero-order valence-corrected chi connectivity index (χ0v) is 15.5. The number of fused-ring (bicyclic) bond motifs is 1. The lowest BCUT2D eigenvalue weighted by Crippen LogP contribution is -2.24. The number of methoxy groups -OCH3 is 2. The highest BCUT2D eigenvalue weighted by atomic mass is 35.5. The minimum absolute atomic E-state index is 0.566. The fourth-order valence-electron chi connectivity index (χ4n) is 3.76. The number of hydrogen-bond donors (Lipinski definition) is 0. The van der Waals surface area contributed by atoms with Crippen LogP contribution in [0.5, 0.6) is 11.5 Å². The SMILES string of the molecule is COc1cc(Cl)c2nc(N3CCCC3)nc(N3CCCC3)c2c1OC. The van der Waals surface area contributed by atoms with Crippen molar-refractivity contribution in [3.8, 4) is 11.5 Å². The Hall–Kier alpha value is -1.95. The topological polar surface area (TPSA) is 50.7 Å². The van der Waals surface area contributed by atoms with E-state index in [0.29, 0.717) is 16.5 Å². The van der Waals surface area contributed by atoms with Crippen LogP contribution in [0.2, 0.25) is 5.02 Å². The summed E-state index contributed by atoms with van der Waals surface area (Å²) in [4.78, 5) is 14.3. The Morgan fingerprint density at radius 1 is 0.920 bits per heavy atom. The smallest absolute Gasteiger partial charge is 0.227 e. The first-order valence-corrected chi connectivity index (χ1v) is 9.23. The molecule has 0 atom stereocenters. The molecule has 2 aromatic rings. The predicted octanol–water partition coefficient (Wildman–Crippen LogP) is 3.50. The predicted molar refractivity (Wildman–Crippen MR) is 101 cm³/mol. The quantitative estimate of drug-likeness (QED) is 0.829.